The summed E-state index contributed by atoms with van der Waals surface area (Å²) in [6, 6.07) is 2.80. The number of carbonyl (C=O) groups is 1. The van der Waals surface area contributed by atoms with Crippen molar-refractivity contribution in [2.45, 2.75) is 6.92 Å². The van der Waals surface area contributed by atoms with Gasteiger partial charge in [0.2, 0.25) is 5.75 Å². The van der Waals surface area contributed by atoms with E-state index >= 15 is 0 Å². The van der Waals surface area contributed by atoms with Gasteiger partial charge in [-0.25, -0.2) is 0 Å². The monoisotopic (exact) mass is 212 g/mol. The molecule has 15 heavy (non-hydrogen) atoms. The van der Waals surface area contributed by atoms with Crippen molar-refractivity contribution in [2.75, 3.05) is 14.2 Å². The molecule has 0 amide bonds. The predicted molar refractivity (Wildman–Crippen MR) is 52.5 cm³/mol. The van der Waals surface area contributed by atoms with E-state index < -0.39 is 5.97 Å². The average Bonchev–Trinajstić information content (AvgIpc) is 2.19. The summed E-state index contributed by atoms with van der Waals surface area (Å²) in [5, 5.41) is 9.56. The molecule has 1 rings (SSSR count). The molecule has 1 N–H and O–H groups in total. The molecule has 0 heterocycles. The van der Waals surface area contributed by atoms with E-state index in [1.807, 2.05) is 0 Å². The molecule has 1 aromatic rings. The van der Waals surface area contributed by atoms with Gasteiger partial charge in [-0.3, -0.25) is 4.79 Å². The summed E-state index contributed by atoms with van der Waals surface area (Å²) in [5.74, 6) is 0.0471. The minimum Gasteiger partial charge on any atom is -0.502 e. The van der Waals surface area contributed by atoms with E-state index in [1.165, 1.54) is 33.3 Å². The number of ether oxygens (including phenoxy) is 3. The average molecular weight is 212 g/mol. The van der Waals surface area contributed by atoms with Crippen molar-refractivity contribution in [2.24, 2.45) is 0 Å². The maximum absolute atomic E-state index is 10.7. The van der Waals surface area contributed by atoms with Gasteiger partial charge < -0.3 is 19.3 Å². The number of hydrogen-bond donors (Lipinski definition) is 1. The highest BCUT2D eigenvalue weighted by Crippen LogP contribution is 2.39. The lowest BCUT2D eigenvalue weighted by Gasteiger charge is -2.10. The Hall–Kier alpha value is -1.91. The Labute approximate surface area is 87.2 Å². The van der Waals surface area contributed by atoms with Gasteiger partial charge in [-0.05, 0) is 0 Å². The van der Waals surface area contributed by atoms with Gasteiger partial charge in [0.25, 0.3) is 0 Å². The minimum atomic E-state index is -0.454. The summed E-state index contributed by atoms with van der Waals surface area (Å²) >= 11 is 0. The zero-order valence-corrected chi connectivity index (χ0v) is 8.73. The van der Waals surface area contributed by atoms with Gasteiger partial charge in [-0.15, -0.1) is 0 Å². The largest absolute Gasteiger partial charge is 0.502 e. The Balaban J connectivity index is 3.14. The first-order chi connectivity index (χ1) is 7.08. The fourth-order valence-electron chi connectivity index (χ4n) is 1.09. The number of methoxy groups -OCH3 is 2. The van der Waals surface area contributed by atoms with Gasteiger partial charge in [0.1, 0.15) is 5.75 Å². The van der Waals surface area contributed by atoms with E-state index in [4.69, 9.17) is 14.2 Å². The second kappa shape index (κ2) is 4.54. The highest BCUT2D eigenvalue weighted by atomic mass is 16.5. The van der Waals surface area contributed by atoms with Crippen molar-refractivity contribution < 1.29 is 24.1 Å². The molecule has 5 nitrogen and oxygen atoms in total. The second-order valence-electron chi connectivity index (χ2n) is 2.77. The van der Waals surface area contributed by atoms with Gasteiger partial charge in [-0.1, -0.05) is 0 Å². The van der Waals surface area contributed by atoms with Crippen molar-refractivity contribution >= 4 is 5.97 Å². The Bertz CT molecular complexity index is 347. The van der Waals surface area contributed by atoms with Crippen molar-refractivity contribution in [1.82, 2.24) is 0 Å². The molecular formula is C10H12O5. The number of phenols is 1. The van der Waals surface area contributed by atoms with Crippen LogP contribution in [-0.4, -0.2) is 25.3 Å². The number of hydrogen-bond acceptors (Lipinski definition) is 5. The first-order valence-corrected chi connectivity index (χ1v) is 4.22. The van der Waals surface area contributed by atoms with Gasteiger partial charge >= 0.3 is 5.97 Å². The minimum absolute atomic E-state index is 0.129. The summed E-state index contributed by atoms with van der Waals surface area (Å²) in [6.45, 7) is 1.28. The van der Waals surface area contributed by atoms with Crippen LogP contribution in [0, 0.1) is 0 Å². The Kier molecular flexibility index (Phi) is 3.38. The van der Waals surface area contributed by atoms with E-state index in [9.17, 15) is 9.90 Å². The van der Waals surface area contributed by atoms with Crippen LogP contribution in [0.5, 0.6) is 23.0 Å². The van der Waals surface area contributed by atoms with Crippen LogP contribution in [-0.2, 0) is 4.79 Å². The number of benzene rings is 1. The molecule has 0 bridgehead atoms. The molecule has 0 radical (unpaired) electrons. The fraction of sp³-hybridized carbons (Fsp3) is 0.300. The first-order valence-electron chi connectivity index (χ1n) is 4.22. The highest BCUT2D eigenvalue weighted by Gasteiger charge is 2.12. The zero-order valence-electron chi connectivity index (χ0n) is 8.73. The summed E-state index contributed by atoms with van der Waals surface area (Å²) in [6.07, 6.45) is 0. The lowest BCUT2D eigenvalue weighted by atomic mass is 10.2. The van der Waals surface area contributed by atoms with Crippen LogP contribution < -0.4 is 14.2 Å². The summed E-state index contributed by atoms with van der Waals surface area (Å²) in [7, 11) is 2.79. The third kappa shape index (κ3) is 2.52. The van der Waals surface area contributed by atoms with Crippen molar-refractivity contribution in [3.63, 3.8) is 0 Å². The van der Waals surface area contributed by atoms with Crippen LogP contribution in [0.15, 0.2) is 12.1 Å². The maximum atomic E-state index is 10.7. The van der Waals surface area contributed by atoms with Crippen LogP contribution in [0.4, 0.5) is 0 Å². The Morgan fingerprint density at radius 1 is 1.20 bits per heavy atom. The molecule has 0 aliphatic carbocycles. The van der Waals surface area contributed by atoms with E-state index in [0.717, 1.165) is 0 Å². The van der Waals surface area contributed by atoms with Crippen molar-refractivity contribution in [1.29, 1.82) is 0 Å². The topological polar surface area (TPSA) is 65.0 Å². The van der Waals surface area contributed by atoms with Crippen molar-refractivity contribution in [3.8, 4) is 23.0 Å². The van der Waals surface area contributed by atoms with E-state index in [0.29, 0.717) is 0 Å². The number of phenolic OH excluding ortho intramolecular Hbond substituents is 1. The zero-order chi connectivity index (χ0) is 11.4. The standard InChI is InChI=1S/C10H12O5/c1-6(11)15-7-4-8(13-2)10(12)9(5-7)14-3/h4-5,12H,1-3H3. The molecule has 0 atom stereocenters. The third-order valence-electron chi connectivity index (χ3n) is 1.71. The predicted octanol–water partition coefficient (Wildman–Crippen LogP) is 1.33. The molecule has 0 aliphatic heterocycles. The van der Waals surface area contributed by atoms with E-state index in [1.54, 1.807) is 0 Å². The van der Waals surface area contributed by atoms with Crippen LogP contribution in [0.2, 0.25) is 0 Å². The molecular weight excluding hydrogens is 200 g/mol. The van der Waals surface area contributed by atoms with Crippen LogP contribution in [0.3, 0.4) is 0 Å². The Morgan fingerprint density at radius 3 is 2.00 bits per heavy atom. The van der Waals surface area contributed by atoms with Crippen LogP contribution >= 0.6 is 0 Å². The molecule has 0 unspecified atom stereocenters. The fourth-order valence-corrected chi connectivity index (χ4v) is 1.09. The lowest BCUT2D eigenvalue weighted by Crippen LogP contribution is -2.02. The molecule has 0 spiro atoms. The number of esters is 1. The smallest absolute Gasteiger partial charge is 0.308 e. The van der Waals surface area contributed by atoms with Crippen LogP contribution in [0.1, 0.15) is 6.92 Å². The second-order valence-corrected chi connectivity index (χ2v) is 2.77. The molecule has 5 heteroatoms. The van der Waals surface area contributed by atoms with Crippen molar-refractivity contribution in [3.05, 3.63) is 12.1 Å². The van der Waals surface area contributed by atoms with E-state index in [-0.39, 0.29) is 23.0 Å². The van der Waals surface area contributed by atoms with Gasteiger partial charge in [0, 0.05) is 19.1 Å². The molecule has 0 aromatic heterocycles. The molecule has 1 aromatic carbocycles. The summed E-state index contributed by atoms with van der Waals surface area (Å²) < 4.78 is 14.6. The third-order valence-corrected chi connectivity index (χ3v) is 1.71. The quantitative estimate of drug-likeness (QED) is 0.605. The number of carbonyl (C=O) groups excluding carboxylic acids is 1. The van der Waals surface area contributed by atoms with Gasteiger partial charge in [0.05, 0.1) is 14.2 Å². The lowest BCUT2D eigenvalue weighted by molar-refractivity contribution is -0.131. The molecule has 0 saturated heterocycles. The van der Waals surface area contributed by atoms with Gasteiger partial charge in [0.15, 0.2) is 11.5 Å². The summed E-state index contributed by atoms with van der Waals surface area (Å²) in [5.41, 5.74) is 0. The maximum Gasteiger partial charge on any atom is 0.308 e. The number of rotatable bonds is 3. The first kappa shape index (κ1) is 11.2. The van der Waals surface area contributed by atoms with Crippen LogP contribution in [0.25, 0.3) is 0 Å². The molecule has 0 saturated carbocycles. The molecule has 0 fully saturated rings. The van der Waals surface area contributed by atoms with E-state index in [2.05, 4.69) is 0 Å². The number of aromatic hydroxyl groups is 1. The summed E-state index contributed by atoms with van der Waals surface area (Å²) in [4.78, 5) is 10.7. The SMILES string of the molecule is COc1cc(OC(C)=O)cc(OC)c1O. The van der Waals surface area contributed by atoms with Gasteiger partial charge in [-0.2, -0.15) is 0 Å². The highest BCUT2D eigenvalue weighted by molar-refractivity contribution is 5.70. The molecule has 82 valence electrons. The molecule has 0 aliphatic rings. The normalized spacial score (nSPS) is 9.53. The Morgan fingerprint density at radius 2 is 1.67 bits per heavy atom.